The van der Waals surface area contributed by atoms with Crippen molar-refractivity contribution in [2.75, 3.05) is 0 Å². The number of hydrogen-bond acceptors (Lipinski definition) is 2. The Morgan fingerprint density at radius 3 is 2.78 bits per heavy atom. The molecule has 7 atom stereocenters. The summed E-state index contributed by atoms with van der Waals surface area (Å²) in [6, 6.07) is 0. The second-order valence-corrected chi connectivity index (χ2v) is 8.83. The van der Waals surface area contributed by atoms with Gasteiger partial charge in [-0.15, -0.1) is 12.3 Å². The van der Waals surface area contributed by atoms with Crippen molar-refractivity contribution in [2.24, 2.45) is 29.1 Å². The maximum absolute atomic E-state index is 10.6. The van der Waals surface area contributed by atoms with Gasteiger partial charge in [-0.3, -0.25) is 0 Å². The molecule has 4 aliphatic rings. The molecule has 0 aliphatic heterocycles. The molecule has 0 aromatic heterocycles. The summed E-state index contributed by atoms with van der Waals surface area (Å²) in [6.45, 7) is 2.33. The zero-order chi connectivity index (χ0) is 16.2. The van der Waals surface area contributed by atoms with E-state index in [1.165, 1.54) is 18.4 Å². The van der Waals surface area contributed by atoms with Crippen molar-refractivity contribution in [3.05, 3.63) is 11.1 Å². The average Bonchev–Trinajstić information content (AvgIpc) is 2.83. The van der Waals surface area contributed by atoms with Gasteiger partial charge in [-0.1, -0.05) is 18.1 Å². The summed E-state index contributed by atoms with van der Waals surface area (Å²) in [4.78, 5) is 0. The predicted molar refractivity (Wildman–Crippen MR) is 91.5 cm³/mol. The van der Waals surface area contributed by atoms with Crippen molar-refractivity contribution in [3.8, 4) is 12.3 Å². The molecule has 126 valence electrons. The Hall–Kier alpha value is -0.780. The predicted octanol–water partition coefficient (Wildman–Crippen LogP) is 3.67. The Bertz CT molecular complexity index is 557. The van der Waals surface area contributed by atoms with E-state index in [1.807, 2.05) is 0 Å². The van der Waals surface area contributed by atoms with Crippen LogP contribution in [-0.2, 0) is 0 Å². The van der Waals surface area contributed by atoms with E-state index < -0.39 is 0 Å². The third kappa shape index (κ3) is 2.31. The number of allylic oxidation sites excluding steroid dienone is 1. The van der Waals surface area contributed by atoms with E-state index in [-0.39, 0.29) is 17.6 Å². The number of hydrogen-bond donors (Lipinski definition) is 2. The van der Waals surface area contributed by atoms with Crippen LogP contribution in [-0.4, -0.2) is 22.4 Å². The molecule has 0 spiro atoms. The molecule has 0 radical (unpaired) electrons. The number of aliphatic hydroxyl groups is 2. The van der Waals surface area contributed by atoms with Crippen molar-refractivity contribution in [2.45, 2.75) is 76.9 Å². The fourth-order valence-electron chi connectivity index (χ4n) is 6.72. The summed E-state index contributed by atoms with van der Waals surface area (Å²) in [6.07, 6.45) is 14.8. The Labute approximate surface area is 140 Å². The molecule has 2 saturated carbocycles. The summed E-state index contributed by atoms with van der Waals surface area (Å²) in [5.74, 6) is 5.46. The SMILES string of the molecule is C#CC[C@@H]1CC2=C(CC[C@@H](O)C2)[C@H]2CC[C@]3(C)[C@@H](O)CC[C@H]3[C@H]12. The van der Waals surface area contributed by atoms with Crippen molar-refractivity contribution >= 4 is 0 Å². The van der Waals surface area contributed by atoms with E-state index >= 15 is 0 Å². The number of terminal acetylenes is 1. The highest BCUT2D eigenvalue weighted by Crippen LogP contribution is 2.62. The van der Waals surface area contributed by atoms with Gasteiger partial charge in [-0.25, -0.2) is 0 Å². The van der Waals surface area contributed by atoms with Crippen LogP contribution in [0.25, 0.3) is 0 Å². The van der Waals surface area contributed by atoms with E-state index in [4.69, 9.17) is 6.42 Å². The molecule has 0 bridgehead atoms. The zero-order valence-electron chi connectivity index (χ0n) is 14.3. The number of fused-ring (bicyclic) bond motifs is 4. The van der Waals surface area contributed by atoms with Crippen LogP contribution in [0.4, 0.5) is 0 Å². The summed E-state index contributed by atoms with van der Waals surface area (Å²) in [5.41, 5.74) is 3.32. The fourth-order valence-corrected chi connectivity index (χ4v) is 6.72. The van der Waals surface area contributed by atoms with E-state index in [0.29, 0.717) is 23.7 Å². The van der Waals surface area contributed by atoms with Gasteiger partial charge in [0.15, 0.2) is 0 Å². The topological polar surface area (TPSA) is 40.5 Å². The highest BCUT2D eigenvalue weighted by atomic mass is 16.3. The molecule has 2 nitrogen and oxygen atoms in total. The monoisotopic (exact) mass is 314 g/mol. The van der Waals surface area contributed by atoms with Gasteiger partial charge in [-0.05, 0) is 80.5 Å². The van der Waals surface area contributed by atoms with Crippen LogP contribution in [0.15, 0.2) is 11.1 Å². The molecule has 0 heterocycles. The molecule has 2 N–H and O–H groups in total. The first-order chi connectivity index (χ1) is 11.0. The van der Waals surface area contributed by atoms with Crippen molar-refractivity contribution in [1.82, 2.24) is 0 Å². The second kappa shape index (κ2) is 5.64. The summed E-state index contributed by atoms with van der Waals surface area (Å²) in [7, 11) is 0. The summed E-state index contributed by atoms with van der Waals surface area (Å²) in [5, 5.41) is 20.7. The molecular formula is C21H30O2. The van der Waals surface area contributed by atoms with E-state index in [1.54, 1.807) is 5.57 Å². The van der Waals surface area contributed by atoms with Crippen LogP contribution < -0.4 is 0 Å². The summed E-state index contributed by atoms with van der Waals surface area (Å²) >= 11 is 0. The van der Waals surface area contributed by atoms with Crippen molar-refractivity contribution < 1.29 is 10.2 Å². The van der Waals surface area contributed by atoms with Gasteiger partial charge in [0.1, 0.15) is 0 Å². The Morgan fingerprint density at radius 1 is 1.17 bits per heavy atom. The van der Waals surface area contributed by atoms with E-state index in [0.717, 1.165) is 44.9 Å². The molecule has 0 saturated heterocycles. The average molecular weight is 314 g/mol. The standard InChI is InChI=1S/C21H30O2/c1-3-4-13-11-14-12-15(22)5-6-16(14)17-9-10-21(2)18(20(13)17)7-8-19(21)23/h1,13,15,17-20,22-23H,4-12H2,2H3/t13-,15-,17-,18+,19+,20-,21+/m1/s1. The first-order valence-electron chi connectivity index (χ1n) is 9.55. The van der Waals surface area contributed by atoms with E-state index in [9.17, 15) is 10.2 Å². The van der Waals surface area contributed by atoms with E-state index in [2.05, 4.69) is 12.8 Å². The molecule has 4 rings (SSSR count). The van der Waals surface area contributed by atoms with Crippen LogP contribution in [0.2, 0.25) is 0 Å². The van der Waals surface area contributed by atoms with Crippen LogP contribution in [0.1, 0.15) is 64.7 Å². The molecule has 2 heteroatoms. The lowest BCUT2D eigenvalue weighted by atomic mass is 9.51. The normalized spacial score (nSPS) is 49.1. The molecular weight excluding hydrogens is 284 g/mol. The maximum atomic E-state index is 10.6. The largest absolute Gasteiger partial charge is 0.393 e. The minimum absolute atomic E-state index is 0.111. The first kappa shape index (κ1) is 15.7. The van der Waals surface area contributed by atoms with Crippen molar-refractivity contribution in [1.29, 1.82) is 0 Å². The van der Waals surface area contributed by atoms with Gasteiger partial charge in [-0.2, -0.15) is 0 Å². The number of aliphatic hydroxyl groups excluding tert-OH is 2. The van der Waals surface area contributed by atoms with Gasteiger partial charge >= 0.3 is 0 Å². The van der Waals surface area contributed by atoms with Gasteiger partial charge in [0.05, 0.1) is 12.2 Å². The third-order valence-electron chi connectivity index (χ3n) is 7.85. The molecule has 0 unspecified atom stereocenters. The number of rotatable bonds is 1. The Kier molecular flexibility index (Phi) is 3.86. The third-order valence-corrected chi connectivity index (χ3v) is 7.85. The lowest BCUT2D eigenvalue weighted by Crippen LogP contribution is -2.48. The molecule has 0 amide bonds. The summed E-state index contributed by atoms with van der Waals surface area (Å²) < 4.78 is 0. The molecule has 2 fully saturated rings. The van der Waals surface area contributed by atoms with Gasteiger partial charge in [0.2, 0.25) is 0 Å². The Balaban J connectivity index is 1.71. The lowest BCUT2D eigenvalue weighted by Gasteiger charge is -2.54. The van der Waals surface area contributed by atoms with Crippen LogP contribution in [0.5, 0.6) is 0 Å². The minimum Gasteiger partial charge on any atom is -0.393 e. The second-order valence-electron chi connectivity index (χ2n) is 8.83. The smallest absolute Gasteiger partial charge is 0.0596 e. The highest BCUT2D eigenvalue weighted by molar-refractivity contribution is 5.29. The maximum Gasteiger partial charge on any atom is 0.0596 e. The quantitative estimate of drug-likeness (QED) is 0.572. The molecule has 4 aliphatic carbocycles. The molecule has 23 heavy (non-hydrogen) atoms. The lowest BCUT2D eigenvalue weighted by molar-refractivity contribution is -0.0491. The van der Waals surface area contributed by atoms with Gasteiger partial charge in [0, 0.05) is 6.42 Å². The zero-order valence-corrected chi connectivity index (χ0v) is 14.3. The molecule has 0 aromatic carbocycles. The van der Waals surface area contributed by atoms with Crippen LogP contribution >= 0.6 is 0 Å². The van der Waals surface area contributed by atoms with Crippen LogP contribution in [0.3, 0.4) is 0 Å². The van der Waals surface area contributed by atoms with Gasteiger partial charge in [0.25, 0.3) is 0 Å². The van der Waals surface area contributed by atoms with Gasteiger partial charge < -0.3 is 10.2 Å². The fraction of sp³-hybridized carbons (Fsp3) is 0.810. The minimum atomic E-state index is -0.140. The van der Waals surface area contributed by atoms with Crippen molar-refractivity contribution in [3.63, 3.8) is 0 Å². The highest BCUT2D eigenvalue weighted by Gasteiger charge is 2.56. The first-order valence-corrected chi connectivity index (χ1v) is 9.55. The molecule has 0 aromatic rings. The van der Waals surface area contributed by atoms with Crippen LogP contribution in [0, 0.1) is 41.4 Å². The Morgan fingerprint density at radius 2 is 2.00 bits per heavy atom.